The van der Waals surface area contributed by atoms with Gasteiger partial charge in [0.05, 0.1) is 35.9 Å². The molecule has 0 aliphatic carbocycles. The van der Waals surface area contributed by atoms with Gasteiger partial charge in [-0.1, -0.05) is 63.8 Å². The number of piperazine rings is 2. The zero-order valence-corrected chi connectivity index (χ0v) is 39.3. The second-order valence-electron chi connectivity index (χ2n) is 19.1. The van der Waals surface area contributed by atoms with Gasteiger partial charge in [0.1, 0.15) is 23.7 Å². The number of benzene rings is 2. The third kappa shape index (κ3) is 10.6. The summed E-state index contributed by atoms with van der Waals surface area (Å²) in [6.45, 7) is 15.0. The molecule has 2 aromatic heterocycles. The molecule has 16 nitrogen and oxygen atoms in total. The number of carbonyl (C=O) groups excluding carboxylic acids is 4. The minimum atomic E-state index is -0.615. The van der Waals surface area contributed by atoms with E-state index in [0.717, 1.165) is 97.2 Å². The lowest BCUT2D eigenvalue weighted by Crippen LogP contribution is -2.57. The summed E-state index contributed by atoms with van der Waals surface area (Å²) in [5.74, 6) is 7.81. The van der Waals surface area contributed by atoms with Crippen LogP contribution < -0.4 is 10.6 Å². The normalized spacial score (nSPS) is 20.4. The van der Waals surface area contributed by atoms with Gasteiger partial charge < -0.3 is 50.0 Å². The molecule has 6 heterocycles. The van der Waals surface area contributed by atoms with Gasteiger partial charge in [-0.25, -0.2) is 19.6 Å². The molecule has 6 amide bonds. The Kier molecular flexibility index (Phi) is 14.4. The summed E-state index contributed by atoms with van der Waals surface area (Å²) < 4.78 is 0. The van der Waals surface area contributed by atoms with Crippen LogP contribution in [0.5, 0.6) is 0 Å². The molecular formula is C50H66N12O4. The average Bonchev–Trinajstić information content (AvgIpc) is 4.17. The summed E-state index contributed by atoms with van der Waals surface area (Å²) in [4.78, 5) is 82.5. The van der Waals surface area contributed by atoms with Crippen molar-refractivity contribution in [3.8, 4) is 34.4 Å². The van der Waals surface area contributed by atoms with Crippen LogP contribution in [-0.2, 0) is 9.59 Å². The molecule has 0 bridgehead atoms. The second-order valence-corrected chi connectivity index (χ2v) is 19.1. The number of urea groups is 2. The fourth-order valence-corrected chi connectivity index (χ4v) is 9.40. The Labute approximate surface area is 388 Å². The van der Waals surface area contributed by atoms with Crippen LogP contribution in [0.2, 0.25) is 0 Å². The minimum absolute atomic E-state index is 0.0620. The molecule has 4 saturated heterocycles. The average molecular weight is 899 g/mol. The van der Waals surface area contributed by atoms with Crippen LogP contribution in [0.3, 0.4) is 0 Å². The zero-order chi connectivity index (χ0) is 46.5. The minimum Gasteiger partial charge on any atom is -0.340 e. The predicted molar refractivity (Wildman–Crippen MR) is 254 cm³/mol. The summed E-state index contributed by atoms with van der Waals surface area (Å²) in [7, 11) is 4.10. The number of aromatic amines is 2. The summed E-state index contributed by atoms with van der Waals surface area (Å²) in [6, 6.07) is 14.1. The highest BCUT2D eigenvalue weighted by Crippen LogP contribution is 2.34. The molecule has 4 aliphatic rings. The Balaban J connectivity index is 0.860. The number of likely N-dealkylation sites (N-methyl/N-ethyl adjacent to an activating group) is 2. The van der Waals surface area contributed by atoms with Gasteiger partial charge in [-0.15, -0.1) is 0 Å². The number of H-pyrrole nitrogens is 2. The van der Waals surface area contributed by atoms with E-state index >= 15 is 0 Å². The predicted octanol–water partition coefficient (Wildman–Crippen LogP) is 5.16. The highest BCUT2D eigenvalue weighted by atomic mass is 16.2. The maximum absolute atomic E-state index is 14.0. The molecule has 4 N–H and O–H groups in total. The smallest absolute Gasteiger partial charge is 0.318 e. The maximum Gasteiger partial charge on any atom is 0.318 e. The van der Waals surface area contributed by atoms with E-state index in [1.807, 2.05) is 98.4 Å². The lowest BCUT2D eigenvalue weighted by atomic mass is 10.0. The van der Waals surface area contributed by atoms with E-state index < -0.39 is 12.1 Å². The van der Waals surface area contributed by atoms with Crippen LogP contribution in [0.1, 0.15) is 88.2 Å². The molecular weight excluding hydrogens is 833 g/mol. The van der Waals surface area contributed by atoms with Crippen molar-refractivity contribution in [1.82, 2.24) is 60.0 Å². The molecule has 4 aromatic rings. The van der Waals surface area contributed by atoms with Gasteiger partial charge in [-0.3, -0.25) is 9.59 Å². The Morgan fingerprint density at radius 3 is 1.27 bits per heavy atom. The largest absolute Gasteiger partial charge is 0.340 e. The van der Waals surface area contributed by atoms with Gasteiger partial charge in [0.2, 0.25) is 11.8 Å². The number of hydrogen-bond donors (Lipinski definition) is 4. The Morgan fingerprint density at radius 2 is 0.924 bits per heavy atom. The van der Waals surface area contributed by atoms with Crippen molar-refractivity contribution < 1.29 is 19.2 Å². The molecule has 4 atom stereocenters. The van der Waals surface area contributed by atoms with Gasteiger partial charge in [-0.2, -0.15) is 0 Å². The molecule has 0 radical (unpaired) electrons. The molecule has 2 aromatic carbocycles. The molecule has 350 valence electrons. The topological polar surface area (TPSA) is 169 Å². The quantitative estimate of drug-likeness (QED) is 0.159. The lowest BCUT2D eigenvalue weighted by molar-refractivity contribution is -0.136. The van der Waals surface area contributed by atoms with E-state index in [4.69, 9.17) is 9.97 Å². The van der Waals surface area contributed by atoms with Crippen LogP contribution in [0.25, 0.3) is 22.5 Å². The second kappa shape index (κ2) is 20.6. The third-order valence-electron chi connectivity index (χ3n) is 13.6. The number of carbonyl (C=O) groups is 4. The van der Waals surface area contributed by atoms with Gasteiger partial charge in [0.15, 0.2) is 0 Å². The van der Waals surface area contributed by atoms with Crippen molar-refractivity contribution in [2.75, 3.05) is 79.5 Å². The van der Waals surface area contributed by atoms with Crippen molar-refractivity contribution in [2.24, 2.45) is 11.8 Å². The van der Waals surface area contributed by atoms with E-state index in [9.17, 15) is 19.2 Å². The molecule has 16 heteroatoms. The van der Waals surface area contributed by atoms with Crippen LogP contribution >= 0.6 is 0 Å². The first-order chi connectivity index (χ1) is 31.8. The number of likely N-dealkylation sites (tertiary alicyclic amines) is 2. The zero-order valence-electron chi connectivity index (χ0n) is 39.3. The highest BCUT2D eigenvalue weighted by Gasteiger charge is 2.40. The fourth-order valence-electron chi connectivity index (χ4n) is 9.40. The van der Waals surface area contributed by atoms with Crippen LogP contribution in [0.15, 0.2) is 60.9 Å². The first-order valence-electron chi connectivity index (χ1n) is 23.7. The first-order valence-corrected chi connectivity index (χ1v) is 23.7. The molecule has 4 aliphatic heterocycles. The number of amides is 6. The van der Waals surface area contributed by atoms with Crippen LogP contribution in [0, 0.1) is 23.7 Å². The molecule has 0 spiro atoms. The summed E-state index contributed by atoms with van der Waals surface area (Å²) in [5, 5.41) is 6.11. The fraction of sp³-hybridized carbons (Fsp3) is 0.520. The number of hydrogen-bond acceptors (Lipinski definition) is 8. The van der Waals surface area contributed by atoms with Crippen molar-refractivity contribution in [2.45, 2.75) is 77.5 Å². The van der Waals surface area contributed by atoms with Gasteiger partial charge in [0.25, 0.3) is 0 Å². The number of aromatic nitrogens is 4. The number of imidazole rings is 2. The molecule has 8 rings (SSSR count). The monoisotopic (exact) mass is 899 g/mol. The maximum atomic E-state index is 14.0. The van der Waals surface area contributed by atoms with Crippen molar-refractivity contribution in [3.63, 3.8) is 0 Å². The van der Waals surface area contributed by atoms with E-state index in [2.05, 4.69) is 56.3 Å². The van der Waals surface area contributed by atoms with Gasteiger partial charge in [0, 0.05) is 76.6 Å². The van der Waals surface area contributed by atoms with Crippen LogP contribution in [0.4, 0.5) is 9.59 Å². The standard InChI is InChI=1S/C50H66N12O4/c1-33(2)43(55-49(65)59-27-23-57(5)24-28-59)47(63)61-21-7-9-41(61)45-51-31-39(53-45)37-17-13-35(14-18-37)11-12-36-15-19-38(20-16-36)40-32-52-46(54-40)42-10-8-22-62(42)48(64)44(34(3)4)56-50(66)60-29-25-58(6)26-30-60/h13-20,31-34,41-44H,7-10,21-30H2,1-6H3,(H,51,53)(H,52,54)(H,55,65)(H,56,66)/t41-,42-,43-,44-/m0/s1. The van der Waals surface area contributed by atoms with Crippen molar-refractivity contribution >= 4 is 23.9 Å². The van der Waals surface area contributed by atoms with Gasteiger partial charge >= 0.3 is 12.1 Å². The molecule has 0 saturated carbocycles. The van der Waals surface area contributed by atoms with Gasteiger partial charge in [-0.05, 0) is 87.0 Å². The Hall–Kier alpha value is -6.18. The Bertz CT molecular complexity index is 2220. The van der Waals surface area contributed by atoms with Crippen molar-refractivity contribution in [1.29, 1.82) is 0 Å². The molecule has 4 fully saturated rings. The molecule has 0 unspecified atom stereocenters. The summed E-state index contributed by atoms with van der Waals surface area (Å²) >= 11 is 0. The number of nitrogens with zero attached hydrogens (tertiary/aromatic N) is 8. The highest BCUT2D eigenvalue weighted by molar-refractivity contribution is 5.88. The van der Waals surface area contributed by atoms with Crippen LogP contribution in [-0.4, -0.2) is 165 Å². The van der Waals surface area contributed by atoms with E-state index in [1.165, 1.54) is 0 Å². The van der Waals surface area contributed by atoms with E-state index in [1.54, 1.807) is 9.80 Å². The van der Waals surface area contributed by atoms with E-state index in [0.29, 0.717) is 39.3 Å². The first kappa shape index (κ1) is 46.4. The summed E-state index contributed by atoms with van der Waals surface area (Å²) in [6.07, 6.45) is 6.98. The SMILES string of the molecule is CC(C)[C@H](NC(=O)N1CCN(C)CC1)C(=O)N1CCC[C@H]1c1ncc(-c2ccc(C#Cc3ccc(-c4cnc([C@@H]5CCCN5C(=O)[C@@H](NC(=O)N5CCN(C)CC5)C(C)C)[nH]4)cc3)cc2)[nH]1. The number of nitrogens with one attached hydrogen (secondary N) is 4. The number of rotatable bonds is 10. The lowest BCUT2D eigenvalue weighted by Gasteiger charge is -2.35. The Morgan fingerprint density at radius 1 is 0.561 bits per heavy atom. The third-order valence-corrected chi connectivity index (χ3v) is 13.6. The van der Waals surface area contributed by atoms with Crippen molar-refractivity contribution in [3.05, 3.63) is 83.7 Å². The molecule has 66 heavy (non-hydrogen) atoms. The van der Waals surface area contributed by atoms with E-state index in [-0.39, 0.29) is 47.8 Å². The summed E-state index contributed by atoms with van der Waals surface area (Å²) in [5.41, 5.74) is 5.41.